The second-order valence-electron chi connectivity index (χ2n) is 7.77. The van der Waals surface area contributed by atoms with Gasteiger partial charge in [0.2, 0.25) is 0 Å². The number of pyridine rings is 1. The number of rotatable bonds is 4. The van der Waals surface area contributed by atoms with E-state index in [0.29, 0.717) is 11.5 Å². The topological polar surface area (TPSA) is 61.9 Å². The summed E-state index contributed by atoms with van der Waals surface area (Å²) in [5.41, 5.74) is 5.22. The number of aromatic nitrogens is 4. The summed E-state index contributed by atoms with van der Waals surface area (Å²) < 4.78 is 10.1. The van der Waals surface area contributed by atoms with Gasteiger partial charge in [-0.15, -0.1) is 0 Å². The van der Waals surface area contributed by atoms with Crippen LogP contribution < -0.4 is 0 Å². The molecular weight excluding hydrogens is 432 g/mol. The molecule has 0 bridgehead atoms. The largest absolute Gasteiger partial charge is 0.465 e. The molecule has 3 aromatic heterocycles. The van der Waals surface area contributed by atoms with E-state index in [-0.39, 0.29) is 5.97 Å². The lowest BCUT2D eigenvalue weighted by Crippen LogP contribution is -2.05. The highest BCUT2D eigenvalue weighted by Crippen LogP contribution is 2.36. The molecule has 29 heavy (non-hydrogen) atoms. The van der Waals surface area contributed by atoms with E-state index in [1.807, 2.05) is 32.2 Å². The SMILES string of the molecule is COC(=O)c1cc2nc(-c3cc4ccc(Br)nc4n3CC3CC3)n(C)c2cc1C. The van der Waals surface area contributed by atoms with Gasteiger partial charge in [0, 0.05) is 19.0 Å². The predicted octanol–water partition coefficient (Wildman–Crippen LogP) is 4.86. The third-order valence-electron chi connectivity index (χ3n) is 5.71. The lowest BCUT2D eigenvalue weighted by Gasteiger charge is -2.10. The van der Waals surface area contributed by atoms with Crippen molar-refractivity contribution in [3.63, 3.8) is 0 Å². The smallest absolute Gasteiger partial charge is 0.338 e. The first-order valence-corrected chi connectivity index (χ1v) is 10.5. The molecule has 3 heterocycles. The number of benzene rings is 1. The minimum absolute atomic E-state index is 0.339. The summed E-state index contributed by atoms with van der Waals surface area (Å²) in [7, 11) is 3.42. The van der Waals surface area contributed by atoms with Crippen LogP contribution in [0.15, 0.2) is 34.9 Å². The van der Waals surface area contributed by atoms with E-state index in [1.54, 1.807) is 0 Å². The predicted molar refractivity (Wildman–Crippen MR) is 116 cm³/mol. The normalized spacial score (nSPS) is 14.1. The fourth-order valence-electron chi connectivity index (χ4n) is 3.93. The molecule has 7 heteroatoms. The van der Waals surface area contributed by atoms with Crippen molar-refractivity contribution >= 4 is 44.0 Å². The Morgan fingerprint density at radius 2 is 2.03 bits per heavy atom. The Morgan fingerprint density at radius 3 is 2.76 bits per heavy atom. The zero-order valence-corrected chi connectivity index (χ0v) is 18.2. The van der Waals surface area contributed by atoms with E-state index in [1.165, 1.54) is 20.0 Å². The Labute approximate surface area is 176 Å². The highest BCUT2D eigenvalue weighted by molar-refractivity contribution is 9.10. The Balaban J connectivity index is 1.73. The van der Waals surface area contributed by atoms with Crippen molar-refractivity contribution in [2.75, 3.05) is 7.11 Å². The van der Waals surface area contributed by atoms with Gasteiger partial charge in [0.15, 0.2) is 5.82 Å². The van der Waals surface area contributed by atoms with Gasteiger partial charge in [-0.3, -0.25) is 0 Å². The van der Waals surface area contributed by atoms with Crippen LogP contribution in [0.25, 0.3) is 33.6 Å². The van der Waals surface area contributed by atoms with Crippen molar-refractivity contribution in [3.05, 3.63) is 46.1 Å². The molecule has 0 spiro atoms. The van der Waals surface area contributed by atoms with Gasteiger partial charge in [-0.05, 0) is 77.5 Å². The number of fused-ring (bicyclic) bond motifs is 2. The number of ether oxygens (including phenoxy) is 1. The number of methoxy groups -OCH3 is 1. The van der Waals surface area contributed by atoms with Crippen molar-refractivity contribution in [1.29, 1.82) is 0 Å². The van der Waals surface area contributed by atoms with Crippen LogP contribution >= 0.6 is 15.9 Å². The van der Waals surface area contributed by atoms with Crippen LogP contribution in [0.1, 0.15) is 28.8 Å². The van der Waals surface area contributed by atoms with Crippen LogP contribution in [0.3, 0.4) is 0 Å². The lowest BCUT2D eigenvalue weighted by atomic mass is 10.1. The molecule has 0 unspecified atom stereocenters. The van der Waals surface area contributed by atoms with Crippen LogP contribution in [-0.4, -0.2) is 32.2 Å². The van der Waals surface area contributed by atoms with Crippen molar-refractivity contribution in [2.24, 2.45) is 13.0 Å². The molecule has 1 aromatic carbocycles. The van der Waals surface area contributed by atoms with Crippen molar-refractivity contribution < 1.29 is 9.53 Å². The molecular formula is C22H21BrN4O2. The third-order valence-corrected chi connectivity index (χ3v) is 6.15. The maximum atomic E-state index is 12.1. The van der Waals surface area contributed by atoms with Crippen LogP contribution in [-0.2, 0) is 18.3 Å². The van der Waals surface area contributed by atoms with E-state index in [4.69, 9.17) is 14.7 Å². The molecule has 0 aliphatic heterocycles. The number of imidazole rings is 1. The first-order chi connectivity index (χ1) is 14.0. The second-order valence-corrected chi connectivity index (χ2v) is 8.58. The number of carbonyl (C=O) groups is 1. The van der Waals surface area contributed by atoms with Crippen LogP contribution in [0.4, 0.5) is 0 Å². The van der Waals surface area contributed by atoms with Gasteiger partial charge in [0.05, 0.1) is 29.4 Å². The van der Waals surface area contributed by atoms with E-state index >= 15 is 0 Å². The molecule has 4 aromatic rings. The maximum Gasteiger partial charge on any atom is 0.338 e. The average Bonchev–Trinajstić information content (AvgIpc) is 3.39. The fraction of sp³-hybridized carbons (Fsp3) is 0.318. The van der Waals surface area contributed by atoms with Gasteiger partial charge in [-0.1, -0.05) is 0 Å². The van der Waals surface area contributed by atoms with E-state index in [0.717, 1.165) is 50.3 Å². The maximum absolute atomic E-state index is 12.1. The summed E-state index contributed by atoms with van der Waals surface area (Å²) >= 11 is 3.50. The van der Waals surface area contributed by atoms with Gasteiger partial charge in [0.1, 0.15) is 10.3 Å². The van der Waals surface area contributed by atoms with Gasteiger partial charge in [0.25, 0.3) is 0 Å². The number of hydrogen-bond donors (Lipinski definition) is 0. The molecule has 0 radical (unpaired) electrons. The van der Waals surface area contributed by atoms with Crippen LogP contribution in [0.5, 0.6) is 0 Å². The van der Waals surface area contributed by atoms with Gasteiger partial charge in [-0.2, -0.15) is 0 Å². The summed E-state index contributed by atoms with van der Waals surface area (Å²) in [6, 6.07) is 10.0. The highest BCUT2D eigenvalue weighted by Gasteiger charge is 2.26. The minimum atomic E-state index is -0.339. The van der Waals surface area contributed by atoms with E-state index in [2.05, 4.69) is 37.2 Å². The Morgan fingerprint density at radius 1 is 1.24 bits per heavy atom. The molecule has 6 nitrogen and oxygen atoms in total. The molecule has 1 aliphatic carbocycles. The van der Waals surface area contributed by atoms with Gasteiger partial charge in [-0.25, -0.2) is 14.8 Å². The number of esters is 1. The standard InChI is InChI=1S/C22H21BrN4O2/c1-12-8-17-16(10-15(12)22(28)29-3)24-21(26(17)2)18-9-14-6-7-19(23)25-20(14)27(18)11-13-4-5-13/h6-10,13H,4-5,11H2,1-3H3. The zero-order chi connectivity index (χ0) is 20.3. The molecule has 148 valence electrons. The molecule has 0 N–H and O–H groups in total. The van der Waals surface area contributed by atoms with E-state index in [9.17, 15) is 4.79 Å². The number of halogens is 1. The summed E-state index contributed by atoms with van der Waals surface area (Å²) in [5, 5.41) is 1.10. The van der Waals surface area contributed by atoms with Crippen molar-refractivity contribution in [3.8, 4) is 11.5 Å². The Kier molecular flexibility index (Phi) is 4.24. The quantitative estimate of drug-likeness (QED) is 0.327. The number of carbonyl (C=O) groups excluding carboxylic acids is 1. The van der Waals surface area contributed by atoms with Crippen LogP contribution in [0, 0.1) is 12.8 Å². The van der Waals surface area contributed by atoms with Gasteiger partial charge < -0.3 is 13.9 Å². The first kappa shape index (κ1) is 18.4. The van der Waals surface area contributed by atoms with Gasteiger partial charge >= 0.3 is 5.97 Å². The summed E-state index contributed by atoms with van der Waals surface area (Å²) in [4.78, 5) is 21.7. The molecule has 1 aliphatic rings. The molecule has 5 rings (SSSR count). The number of aryl methyl sites for hydroxylation is 2. The highest BCUT2D eigenvalue weighted by atomic mass is 79.9. The Bertz CT molecular complexity index is 1280. The van der Waals surface area contributed by atoms with Crippen molar-refractivity contribution in [1.82, 2.24) is 19.1 Å². The minimum Gasteiger partial charge on any atom is -0.465 e. The molecule has 0 amide bonds. The molecule has 1 fully saturated rings. The number of hydrogen-bond acceptors (Lipinski definition) is 4. The van der Waals surface area contributed by atoms with Crippen LogP contribution in [0.2, 0.25) is 0 Å². The molecule has 1 saturated carbocycles. The lowest BCUT2D eigenvalue weighted by molar-refractivity contribution is 0.0600. The fourth-order valence-corrected chi connectivity index (χ4v) is 4.23. The molecule has 0 atom stereocenters. The zero-order valence-electron chi connectivity index (χ0n) is 16.6. The first-order valence-electron chi connectivity index (χ1n) is 9.68. The second kappa shape index (κ2) is 6.69. The average molecular weight is 453 g/mol. The summed E-state index contributed by atoms with van der Waals surface area (Å²) in [6.45, 7) is 2.86. The van der Waals surface area contributed by atoms with Crippen molar-refractivity contribution in [2.45, 2.75) is 26.3 Å². The third kappa shape index (κ3) is 3.04. The summed E-state index contributed by atoms with van der Waals surface area (Å²) in [6.07, 6.45) is 2.52. The Hall–Kier alpha value is -2.67. The number of nitrogens with zero attached hydrogens (tertiary/aromatic N) is 4. The molecule has 0 saturated heterocycles. The summed E-state index contributed by atoms with van der Waals surface area (Å²) in [5.74, 6) is 1.23. The van der Waals surface area contributed by atoms with E-state index < -0.39 is 0 Å². The monoisotopic (exact) mass is 452 g/mol.